The predicted octanol–water partition coefficient (Wildman–Crippen LogP) is 2.77. The average molecular weight is 252 g/mol. The highest BCUT2D eigenvalue weighted by Gasteiger charge is 2.40. The third-order valence-electron chi connectivity index (χ3n) is 3.73. The van der Waals surface area contributed by atoms with Gasteiger partial charge in [-0.05, 0) is 30.7 Å². The van der Waals surface area contributed by atoms with Gasteiger partial charge in [-0.1, -0.05) is 24.3 Å². The Bertz CT molecular complexity index is 630. The molecule has 0 fully saturated rings. The predicted molar refractivity (Wildman–Crippen MR) is 75.7 cm³/mol. The van der Waals surface area contributed by atoms with Crippen molar-refractivity contribution in [2.45, 2.75) is 18.9 Å². The van der Waals surface area contributed by atoms with Gasteiger partial charge in [-0.3, -0.25) is 9.47 Å². The summed E-state index contributed by atoms with van der Waals surface area (Å²) in [7, 11) is 0. The second kappa shape index (κ2) is 4.12. The van der Waals surface area contributed by atoms with Crippen LogP contribution < -0.4 is 5.01 Å². The van der Waals surface area contributed by atoms with Crippen LogP contribution >= 0.6 is 0 Å². The molecule has 3 rings (SSSR count). The van der Waals surface area contributed by atoms with Gasteiger partial charge in [0, 0.05) is 24.4 Å². The highest BCUT2D eigenvalue weighted by atomic mass is 16.2. The Morgan fingerprint density at radius 3 is 2.58 bits per heavy atom. The Labute approximate surface area is 112 Å². The van der Waals surface area contributed by atoms with Crippen LogP contribution in [0.15, 0.2) is 61.4 Å². The molecule has 1 aliphatic rings. The molecule has 3 nitrogen and oxygen atoms in total. The van der Waals surface area contributed by atoms with Gasteiger partial charge in [0.2, 0.25) is 0 Å². The molecule has 2 aromatic rings. The molecule has 1 aliphatic heterocycles. The summed E-state index contributed by atoms with van der Waals surface area (Å²) in [6.07, 6.45) is 6.39. The molecule has 0 bridgehead atoms. The van der Waals surface area contributed by atoms with E-state index in [4.69, 9.17) is 0 Å². The number of benzene rings is 1. The molecule has 0 saturated carbocycles. The van der Waals surface area contributed by atoms with Crippen molar-refractivity contribution < 1.29 is 4.79 Å². The number of fused-ring (bicyclic) bond motifs is 1. The van der Waals surface area contributed by atoms with Gasteiger partial charge in [-0.2, -0.15) is 0 Å². The van der Waals surface area contributed by atoms with Gasteiger partial charge in [-0.25, -0.2) is 5.01 Å². The maximum absolute atomic E-state index is 12.7. The lowest BCUT2D eigenvalue weighted by molar-refractivity contribution is 0.0916. The summed E-state index contributed by atoms with van der Waals surface area (Å²) in [5.41, 5.74) is 1.44. The van der Waals surface area contributed by atoms with Gasteiger partial charge in [-0.15, -0.1) is 6.58 Å². The topological polar surface area (TPSA) is 25.2 Å². The molecule has 19 heavy (non-hydrogen) atoms. The minimum atomic E-state index is -0.412. The molecule has 3 heteroatoms. The van der Waals surface area contributed by atoms with Crippen molar-refractivity contribution in [3.63, 3.8) is 0 Å². The molecule has 1 unspecified atom stereocenters. The first-order chi connectivity index (χ1) is 9.15. The molecule has 0 N–H and O–H groups in total. The van der Waals surface area contributed by atoms with Crippen LogP contribution in [0.3, 0.4) is 0 Å². The summed E-state index contributed by atoms with van der Waals surface area (Å²) >= 11 is 0. The number of carbonyl (C=O) groups excluding carboxylic acids is 1. The molecule has 0 aliphatic carbocycles. The van der Waals surface area contributed by atoms with Crippen molar-refractivity contribution in [2.24, 2.45) is 0 Å². The first-order valence-electron chi connectivity index (χ1n) is 6.35. The lowest BCUT2D eigenvalue weighted by Crippen LogP contribution is -2.58. The number of rotatable bonds is 2. The quantitative estimate of drug-likeness (QED) is 0.754. The Kier molecular flexibility index (Phi) is 2.56. The van der Waals surface area contributed by atoms with E-state index in [0.29, 0.717) is 0 Å². The second-order valence-corrected chi connectivity index (χ2v) is 5.08. The molecule has 2 heterocycles. The fraction of sp³-hybridized carbons (Fsp3) is 0.188. The zero-order chi connectivity index (χ0) is 13.5. The van der Waals surface area contributed by atoms with E-state index >= 15 is 0 Å². The van der Waals surface area contributed by atoms with Gasteiger partial charge < -0.3 is 0 Å². The molecule has 1 aromatic heterocycles. The molecule has 1 amide bonds. The third kappa shape index (κ3) is 1.70. The first-order valence-corrected chi connectivity index (χ1v) is 6.35. The Morgan fingerprint density at radius 1 is 1.21 bits per heavy atom. The molecule has 1 atom stereocenters. The molecule has 96 valence electrons. The second-order valence-electron chi connectivity index (χ2n) is 5.08. The van der Waals surface area contributed by atoms with E-state index in [2.05, 4.69) is 6.58 Å². The maximum atomic E-state index is 12.7. The maximum Gasteiger partial charge on any atom is 0.273 e. The number of carbonyl (C=O) groups is 1. The fourth-order valence-corrected chi connectivity index (χ4v) is 2.68. The molecule has 0 spiro atoms. The number of nitrogens with zero attached hydrogens (tertiary/aromatic N) is 2. The molecular formula is C16H16N2O. The van der Waals surface area contributed by atoms with Crippen molar-refractivity contribution >= 4 is 5.91 Å². The van der Waals surface area contributed by atoms with Gasteiger partial charge in [0.25, 0.3) is 5.91 Å². The number of hydrogen-bond donors (Lipinski definition) is 0. The number of hydrogen-bond acceptors (Lipinski definition) is 1. The van der Waals surface area contributed by atoms with Crippen molar-refractivity contribution in [3.05, 3.63) is 72.6 Å². The largest absolute Gasteiger partial charge is 0.273 e. The molecular weight excluding hydrogens is 236 g/mol. The van der Waals surface area contributed by atoms with Crippen molar-refractivity contribution in [1.29, 1.82) is 0 Å². The van der Waals surface area contributed by atoms with Gasteiger partial charge in [0.15, 0.2) is 0 Å². The standard InChI is InChI=1S/C16H16N2O/c1-3-16(2)12-13-8-4-5-9-14(13)15(19)18(16)17-10-6-7-11-17/h3-11H,1,12H2,2H3. The van der Waals surface area contributed by atoms with Crippen LogP contribution in [0, 0.1) is 0 Å². The monoisotopic (exact) mass is 252 g/mol. The van der Waals surface area contributed by atoms with E-state index in [0.717, 1.165) is 17.5 Å². The average Bonchev–Trinajstić information content (AvgIpc) is 2.92. The smallest absolute Gasteiger partial charge is 0.267 e. The summed E-state index contributed by atoms with van der Waals surface area (Å²) in [5, 5.41) is 1.77. The van der Waals surface area contributed by atoms with E-state index in [1.165, 1.54) is 0 Å². The summed E-state index contributed by atoms with van der Waals surface area (Å²) in [6, 6.07) is 11.6. The van der Waals surface area contributed by atoms with Gasteiger partial charge in [0.1, 0.15) is 0 Å². The van der Waals surface area contributed by atoms with E-state index in [1.807, 2.05) is 66.5 Å². The normalized spacial score (nSPS) is 22.2. The van der Waals surface area contributed by atoms with E-state index < -0.39 is 5.54 Å². The SMILES string of the molecule is C=CC1(C)Cc2ccccc2C(=O)N1n1cccc1. The van der Waals surface area contributed by atoms with Gasteiger partial charge in [0.05, 0.1) is 5.54 Å². The minimum Gasteiger partial charge on any atom is -0.267 e. The highest BCUT2D eigenvalue weighted by Crippen LogP contribution is 2.30. The lowest BCUT2D eigenvalue weighted by atomic mass is 9.85. The van der Waals surface area contributed by atoms with Crippen LogP contribution in [0.2, 0.25) is 0 Å². The summed E-state index contributed by atoms with van der Waals surface area (Å²) in [4.78, 5) is 12.7. The van der Waals surface area contributed by atoms with Crippen LogP contribution in [-0.2, 0) is 6.42 Å². The van der Waals surface area contributed by atoms with Crippen LogP contribution in [0.4, 0.5) is 0 Å². The van der Waals surface area contributed by atoms with Gasteiger partial charge >= 0.3 is 0 Å². The minimum absolute atomic E-state index is 0.0143. The van der Waals surface area contributed by atoms with Crippen molar-refractivity contribution in [2.75, 3.05) is 5.01 Å². The van der Waals surface area contributed by atoms with E-state index in [9.17, 15) is 4.79 Å². The summed E-state index contributed by atoms with van der Waals surface area (Å²) in [5.74, 6) is 0.0143. The van der Waals surface area contributed by atoms with Crippen LogP contribution in [0.1, 0.15) is 22.8 Å². The van der Waals surface area contributed by atoms with E-state index in [-0.39, 0.29) is 5.91 Å². The zero-order valence-electron chi connectivity index (χ0n) is 10.9. The molecule has 0 saturated heterocycles. The van der Waals surface area contributed by atoms with Crippen LogP contribution in [0.5, 0.6) is 0 Å². The number of amides is 1. The van der Waals surface area contributed by atoms with Crippen LogP contribution in [0.25, 0.3) is 0 Å². The third-order valence-corrected chi connectivity index (χ3v) is 3.73. The highest BCUT2D eigenvalue weighted by molar-refractivity contribution is 6.05. The molecule has 1 aromatic carbocycles. The zero-order valence-corrected chi connectivity index (χ0v) is 10.9. The van der Waals surface area contributed by atoms with E-state index in [1.54, 1.807) is 5.01 Å². The van der Waals surface area contributed by atoms with Crippen molar-refractivity contribution in [3.8, 4) is 0 Å². The van der Waals surface area contributed by atoms with Crippen LogP contribution in [-0.4, -0.2) is 16.1 Å². The first kappa shape index (κ1) is 11.8. The Hall–Kier alpha value is -2.29. The fourth-order valence-electron chi connectivity index (χ4n) is 2.68. The summed E-state index contributed by atoms with van der Waals surface area (Å²) < 4.78 is 1.83. The number of aromatic nitrogens is 1. The lowest BCUT2D eigenvalue weighted by Gasteiger charge is -2.43. The summed E-state index contributed by atoms with van der Waals surface area (Å²) in [6.45, 7) is 5.95. The van der Waals surface area contributed by atoms with Crippen molar-refractivity contribution in [1.82, 2.24) is 4.68 Å². The Morgan fingerprint density at radius 2 is 1.89 bits per heavy atom. The molecule has 0 radical (unpaired) electrons. The Balaban J connectivity index is 2.18.